The minimum Gasteiger partial charge on any atom is -0.305 e. The van der Waals surface area contributed by atoms with Gasteiger partial charge < -0.3 is 4.98 Å². The van der Waals surface area contributed by atoms with E-state index in [0.29, 0.717) is 11.3 Å². The number of aromatic nitrogens is 2. The molecule has 0 amide bonds. The third-order valence-electron chi connectivity index (χ3n) is 9.64. The molecule has 0 saturated carbocycles. The maximum atomic E-state index is 15.3. The number of benzene rings is 6. The van der Waals surface area contributed by atoms with E-state index in [0.717, 1.165) is 59.2 Å². The van der Waals surface area contributed by atoms with Gasteiger partial charge in [0.25, 0.3) is 0 Å². The standard InChI is InChI=1S/C34H23FNS.C15H18NSi.Ir/c1-21-11-15-27-24(17-21)14-16-28-32-26-10-6-5-9-23(26)18-29(34(32)37-33(27)28)31-19-25(30(35)20-36-31)13-12-22-7-3-2-4-8-22;1-12-10-14(13-8-6-5-7-9-13)16-11-15(12)17(2,3)4;/h2-11,14-17,19-20H,12-13H2,1H3;5-8,10-11H,1-4H3;/q2*-1;/i12D2,13D2;;. The zero-order chi connectivity index (χ0) is 41.0. The second kappa shape index (κ2) is 16.1. The van der Waals surface area contributed by atoms with Gasteiger partial charge in [-0.1, -0.05) is 138 Å². The molecule has 0 fully saturated rings. The molecule has 0 aliphatic heterocycles. The number of aryl methyl sites for hydroxylation is 4. The van der Waals surface area contributed by atoms with E-state index in [1.165, 1.54) is 34.5 Å². The number of hydrogen-bond donors (Lipinski definition) is 0. The maximum Gasteiger partial charge on any atom is 0.143 e. The van der Waals surface area contributed by atoms with Crippen LogP contribution in [0.15, 0.2) is 134 Å². The molecule has 1 radical (unpaired) electrons. The van der Waals surface area contributed by atoms with E-state index in [4.69, 9.17) is 5.48 Å². The molecule has 9 rings (SSSR count). The van der Waals surface area contributed by atoms with Crippen LogP contribution in [-0.2, 0) is 32.9 Å². The van der Waals surface area contributed by atoms with Crippen molar-refractivity contribution in [2.45, 2.75) is 46.2 Å². The van der Waals surface area contributed by atoms with Gasteiger partial charge in [0.1, 0.15) is 5.82 Å². The normalized spacial score (nSPS) is 13.1. The van der Waals surface area contributed by atoms with E-state index >= 15 is 4.39 Å². The van der Waals surface area contributed by atoms with E-state index in [-0.39, 0.29) is 31.2 Å². The summed E-state index contributed by atoms with van der Waals surface area (Å²) in [6, 6.07) is 44.9. The molecule has 3 heterocycles. The van der Waals surface area contributed by atoms with Crippen LogP contribution in [0.5, 0.6) is 0 Å². The third-order valence-corrected chi connectivity index (χ3v) is 13.0. The molecule has 6 heteroatoms. The van der Waals surface area contributed by atoms with Crippen LogP contribution in [0.25, 0.3) is 64.2 Å². The van der Waals surface area contributed by atoms with Crippen molar-refractivity contribution < 1.29 is 30.0 Å². The van der Waals surface area contributed by atoms with E-state index < -0.39 is 26.6 Å². The molecular weight excluding hydrogens is 888 g/mol. The van der Waals surface area contributed by atoms with Gasteiger partial charge >= 0.3 is 0 Å². The number of pyridine rings is 2. The summed E-state index contributed by atoms with van der Waals surface area (Å²) in [5.41, 5.74) is 5.36. The van der Waals surface area contributed by atoms with Crippen LogP contribution >= 0.6 is 11.3 Å². The van der Waals surface area contributed by atoms with Gasteiger partial charge in [-0.2, -0.15) is 11.3 Å². The Kier molecular flexibility index (Phi) is 9.80. The molecule has 2 nitrogen and oxygen atoms in total. The summed E-state index contributed by atoms with van der Waals surface area (Å²) < 4.78 is 52.3. The number of hydrogen-bond acceptors (Lipinski definition) is 3. The minimum atomic E-state index is -2.68. The van der Waals surface area contributed by atoms with Crippen LogP contribution in [0.4, 0.5) is 4.39 Å². The van der Waals surface area contributed by atoms with E-state index in [1.54, 1.807) is 29.5 Å². The zero-order valence-corrected chi connectivity index (χ0v) is 35.4. The monoisotopic (exact) mass is 933 g/mol. The second-order valence-corrected chi connectivity index (χ2v) is 20.7. The second-order valence-electron chi connectivity index (χ2n) is 14.6. The summed E-state index contributed by atoms with van der Waals surface area (Å²) in [5.74, 6) is -0.895. The van der Waals surface area contributed by atoms with E-state index in [2.05, 4.69) is 110 Å². The van der Waals surface area contributed by atoms with Gasteiger partial charge in [0.05, 0.1) is 14.3 Å². The van der Waals surface area contributed by atoms with Gasteiger partial charge in [-0.3, -0.25) is 4.98 Å². The molecule has 0 saturated heterocycles. The number of thiophene rings is 1. The molecule has 0 aliphatic carbocycles. The maximum absolute atomic E-state index is 15.3. The fourth-order valence-corrected chi connectivity index (χ4v) is 10.1. The minimum absolute atomic E-state index is 0. The largest absolute Gasteiger partial charge is 0.305 e. The quantitative estimate of drug-likeness (QED) is 0.123. The number of rotatable bonds is 6. The molecule has 0 aliphatic rings. The SMILES string of the molecule is Cc1cc(-c2[c-]cccc2)ncc1[Si](C)(C)C.[2H]C([2H])(c1ccccc1)C([2H])([2H])c1cc(-c2[c-]c3ccccc3c3c2sc2c4ccc(C)cc4ccc23)ncc1F.[Ir]. The smallest absolute Gasteiger partial charge is 0.143 e. The Morgan fingerprint density at radius 1 is 0.727 bits per heavy atom. The third kappa shape index (κ3) is 7.96. The van der Waals surface area contributed by atoms with Crippen LogP contribution < -0.4 is 5.19 Å². The molecule has 0 atom stereocenters. The molecule has 0 spiro atoms. The fourth-order valence-electron chi connectivity index (χ4n) is 7.00. The summed E-state index contributed by atoms with van der Waals surface area (Å²) in [6.07, 6.45) is -2.13. The first-order valence-electron chi connectivity index (χ1n) is 20.0. The first kappa shape index (κ1) is 33.5. The molecule has 0 bridgehead atoms. The van der Waals surface area contributed by atoms with Gasteiger partial charge in [-0.15, -0.1) is 53.4 Å². The predicted molar refractivity (Wildman–Crippen MR) is 231 cm³/mol. The van der Waals surface area contributed by atoms with Gasteiger partial charge in [-0.25, -0.2) is 4.39 Å². The molecule has 275 valence electrons. The average molecular weight is 933 g/mol. The molecule has 9 aromatic rings. The summed E-state index contributed by atoms with van der Waals surface area (Å²) in [7, 11) is -1.27. The Balaban J connectivity index is 0.000000247. The van der Waals surface area contributed by atoms with Gasteiger partial charge in [0.2, 0.25) is 0 Å². The topological polar surface area (TPSA) is 25.8 Å². The summed E-state index contributed by atoms with van der Waals surface area (Å²) >= 11 is 1.62. The van der Waals surface area contributed by atoms with Crippen LogP contribution in [-0.4, -0.2) is 18.0 Å². The van der Waals surface area contributed by atoms with E-state index in [9.17, 15) is 0 Å². The number of nitrogens with zero attached hydrogens (tertiary/aromatic N) is 2. The fraction of sp³-hybridized carbons (Fsp3) is 0.143. The van der Waals surface area contributed by atoms with Crippen LogP contribution in [0.3, 0.4) is 0 Å². The molecule has 0 N–H and O–H groups in total. The van der Waals surface area contributed by atoms with Crippen LogP contribution in [0.2, 0.25) is 19.6 Å². The Morgan fingerprint density at radius 2 is 1.47 bits per heavy atom. The van der Waals surface area contributed by atoms with Crippen LogP contribution in [0, 0.1) is 31.8 Å². The zero-order valence-electron chi connectivity index (χ0n) is 35.2. The van der Waals surface area contributed by atoms with Crippen molar-refractivity contribution in [2.24, 2.45) is 0 Å². The van der Waals surface area contributed by atoms with Crippen LogP contribution in [0.1, 0.15) is 27.7 Å². The van der Waals surface area contributed by atoms with Crippen molar-refractivity contribution in [2.75, 3.05) is 0 Å². The Morgan fingerprint density at radius 3 is 2.24 bits per heavy atom. The Hall–Kier alpha value is -4.84. The van der Waals surface area contributed by atoms with E-state index in [1.807, 2.05) is 36.4 Å². The molecule has 6 aromatic carbocycles. The molecule has 0 unspecified atom stereocenters. The van der Waals surface area contributed by atoms with Crippen molar-refractivity contribution >= 4 is 66.3 Å². The van der Waals surface area contributed by atoms with Gasteiger partial charge in [-0.05, 0) is 69.5 Å². The van der Waals surface area contributed by atoms with Gasteiger partial charge in [0.15, 0.2) is 0 Å². The number of halogens is 1. The first-order valence-corrected chi connectivity index (χ1v) is 22.3. The van der Waals surface area contributed by atoms with Crippen molar-refractivity contribution in [3.8, 4) is 22.5 Å². The molecule has 3 aromatic heterocycles. The summed E-state index contributed by atoms with van der Waals surface area (Å²) in [4.78, 5) is 8.97. The predicted octanol–water partition coefficient (Wildman–Crippen LogP) is 12.9. The van der Waals surface area contributed by atoms with Crippen molar-refractivity contribution in [1.82, 2.24) is 9.97 Å². The van der Waals surface area contributed by atoms with Crippen molar-refractivity contribution in [3.63, 3.8) is 0 Å². The Labute approximate surface area is 347 Å². The first-order chi connectivity index (χ1) is 27.6. The summed E-state index contributed by atoms with van der Waals surface area (Å²) in [5, 5.41) is 7.80. The average Bonchev–Trinajstić information content (AvgIpc) is 3.61. The Bertz CT molecular complexity index is 2990. The number of fused-ring (bicyclic) bond motifs is 7. The van der Waals surface area contributed by atoms with Crippen molar-refractivity contribution in [3.05, 3.63) is 174 Å². The molecular formula is C49H41FIrN2SSi-2. The summed E-state index contributed by atoms with van der Waals surface area (Å²) in [6.45, 7) is 11.3. The van der Waals surface area contributed by atoms with Crippen molar-refractivity contribution in [1.29, 1.82) is 0 Å². The molecule has 55 heavy (non-hydrogen) atoms. The van der Waals surface area contributed by atoms with Gasteiger partial charge in [0, 0.05) is 42.2 Å².